The van der Waals surface area contributed by atoms with Gasteiger partial charge >= 0.3 is 0 Å². The SMILES string of the molecule is CC(=O)O.CC(=O)O.CC(=O)O.NCCNO.[Na].[Na].[Na]. The fourth-order valence-corrected chi connectivity index (χ4v) is 0.0645. The van der Waals surface area contributed by atoms with Crippen LogP contribution in [0.15, 0.2) is 0 Å². The molecule has 20 heavy (non-hydrogen) atoms. The number of nitrogens with two attached hydrogens (primary N) is 1. The average molecular weight is 325 g/mol. The zero-order valence-electron chi connectivity index (χ0n) is 13.0. The molecule has 107 valence electrons. The Balaban J connectivity index is -0.0000000216. The van der Waals surface area contributed by atoms with E-state index in [2.05, 4.69) is 0 Å². The van der Waals surface area contributed by atoms with Crippen LogP contribution in [0.3, 0.4) is 0 Å². The molecule has 0 aliphatic heterocycles. The van der Waals surface area contributed by atoms with E-state index < -0.39 is 17.9 Å². The minimum absolute atomic E-state index is 0. The fraction of sp³-hybridized carbons (Fsp3) is 0.625. The van der Waals surface area contributed by atoms with E-state index in [0.29, 0.717) is 13.1 Å². The van der Waals surface area contributed by atoms with Gasteiger partial charge in [-0.3, -0.25) is 14.4 Å². The molecule has 9 nitrogen and oxygen atoms in total. The minimum Gasteiger partial charge on any atom is -0.481 e. The summed E-state index contributed by atoms with van der Waals surface area (Å²) in [5, 5.41) is 30.0. The van der Waals surface area contributed by atoms with Crippen molar-refractivity contribution in [2.45, 2.75) is 20.8 Å². The molecule has 12 heteroatoms. The first-order chi connectivity index (χ1) is 7.61. The number of hydrogen-bond donors (Lipinski definition) is 6. The molecule has 0 aromatic rings. The predicted octanol–water partition coefficient (Wildman–Crippen LogP) is -1.95. The monoisotopic (exact) mass is 325 g/mol. The number of aliphatic carboxylic acids is 3. The quantitative estimate of drug-likeness (QED) is 0.249. The van der Waals surface area contributed by atoms with Crippen molar-refractivity contribution in [1.29, 1.82) is 0 Å². The number of hydroxylamine groups is 1. The maximum absolute atomic E-state index is 9.00. The van der Waals surface area contributed by atoms with Crippen molar-refractivity contribution in [2.75, 3.05) is 13.1 Å². The first kappa shape index (κ1) is 42.9. The third-order valence-electron chi connectivity index (χ3n) is 0.256. The normalized spacial score (nSPS) is 5.85. The molecular weight excluding hydrogens is 305 g/mol. The average Bonchev–Trinajstić information content (AvgIpc) is 2.01. The van der Waals surface area contributed by atoms with E-state index in [1.165, 1.54) is 0 Å². The molecule has 0 saturated carbocycles. The Hall–Kier alpha value is 1.29. The van der Waals surface area contributed by atoms with Crippen LogP contribution in [0.2, 0.25) is 0 Å². The van der Waals surface area contributed by atoms with Gasteiger partial charge in [0.15, 0.2) is 0 Å². The first-order valence-corrected chi connectivity index (χ1v) is 4.27. The fourth-order valence-electron chi connectivity index (χ4n) is 0.0645. The van der Waals surface area contributed by atoms with Crippen LogP contribution in [-0.2, 0) is 14.4 Å². The number of nitrogens with one attached hydrogen (secondary N) is 1. The van der Waals surface area contributed by atoms with Crippen molar-refractivity contribution < 1.29 is 34.9 Å². The van der Waals surface area contributed by atoms with Gasteiger partial charge in [0.2, 0.25) is 0 Å². The van der Waals surface area contributed by atoms with E-state index in [4.69, 9.17) is 40.6 Å². The molecule has 0 aromatic carbocycles. The molecule has 0 fully saturated rings. The standard InChI is InChI=1S/C2H8N2O.3C2H4O2.3Na/c3-1-2-4-5;3*1-2(3)4;;;/h4-5H,1-3H2;3*1H3,(H,3,4);;;. The van der Waals surface area contributed by atoms with Crippen LogP contribution in [0.1, 0.15) is 20.8 Å². The molecule has 0 aliphatic rings. The second-order valence-electron chi connectivity index (χ2n) is 2.25. The first-order valence-electron chi connectivity index (χ1n) is 4.27. The van der Waals surface area contributed by atoms with Crippen molar-refractivity contribution >= 4 is 107 Å². The third-order valence-corrected chi connectivity index (χ3v) is 0.256. The number of carboxylic acid groups (broad SMARTS) is 3. The Morgan fingerprint density at radius 3 is 1.00 bits per heavy atom. The number of hydrogen-bond acceptors (Lipinski definition) is 6. The summed E-state index contributed by atoms with van der Waals surface area (Å²) in [5.74, 6) is -2.50. The zero-order valence-corrected chi connectivity index (χ0v) is 19.0. The van der Waals surface area contributed by atoms with E-state index in [1.807, 2.05) is 5.48 Å². The molecule has 0 atom stereocenters. The predicted molar refractivity (Wildman–Crippen MR) is 76.0 cm³/mol. The van der Waals surface area contributed by atoms with Gasteiger partial charge in [0.05, 0.1) is 0 Å². The Labute approximate surface area is 184 Å². The van der Waals surface area contributed by atoms with Gasteiger partial charge in [-0.1, -0.05) is 0 Å². The molecule has 0 bridgehead atoms. The van der Waals surface area contributed by atoms with E-state index in [0.717, 1.165) is 20.8 Å². The molecule has 0 heterocycles. The second-order valence-corrected chi connectivity index (χ2v) is 2.25. The Bertz CT molecular complexity index is 166. The van der Waals surface area contributed by atoms with Gasteiger partial charge in [0.1, 0.15) is 0 Å². The van der Waals surface area contributed by atoms with Gasteiger partial charge in [0, 0.05) is 123 Å². The van der Waals surface area contributed by atoms with Gasteiger partial charge in [-0.05, 0) is 0 Å². The van der Waals surface area contributed by atoms with E-state index >= 15 is 0 Å². The molecular formula is C8H20N2Na3O7. The van der Waals surface area contributed by atoms with Crippen molar-refractivity contribution in [2.24, 2.45) is 5.73 Å². The summed E-state index contributed by atoms with van der Waals surface area (Å²) in [6, 6.07) is 0. The Morgan fingerprint density at radius 1 is 0.850 bits per heavy atom. The summed E-state index contributed by atoms with van der Waals surface area (Å²) in [6.07, 6.45) is 0. The molecule has 0 aromatic heterocycles. The Morgan fingerprint density at radius 2 is 1.00 bits per heavy atom. The number of carboxylic acids is 3. The van der Waals surface area contributed by atoms with Crippen LogP contribution in [0.5, 0.6) is 0 Å². The summed E-state index contributed by atoms with van der Waals surface area (Å²) in [6.45, 7) is 4.20. The largest absolute Gasteiger partial charge is 0.481 e. The van der Waals surface area contributed by atoms with E-state index in [1.54, 1.807) is 0 Å². The number of rotatable bonds is 2. The van der Waals surface area contributed by atoms with Crippen LogP contribution in [-0.4, -0.2) is 140 Å². The molecule has 0 rings (SSSR count). The van der Waals surface area contributed by atoms with Crippen LogP contribution in [0.4, 0.5) is 0 Å². The molecule has 3 radical (unpaired) electrons. The summed E-state index contributed by atoms with van der Waals surface area (Å²) in [5.41, 5.74) is 6.81. The van der Waals surface area contributed by atoms with Crippen molar-refractivity contribution in [3.05, 3.63) is 0 Å². The number of carbonyl (C=O) groups is 3. The molecule has 0 amide bonds. The van der Waals surface area contributed by atoms with Gasteiger partial charge in [-0.25, -0.2) is 5.48 Å². The second kappa shape index (κ2) is 42.7. The summed E-state index contributed by atoms with van der Waals surface area (Å²) >= 11 is 0. The molecule has 7 N–H and O–H groups in total. The maximum atomic E-state index is 9.00. The summed E-state index contributed by atoms with van der Waals surface area (Å²) < 4.78 is 0. The van der Waals surface area contributed by atoms with Crippen LogP contribution >= 0.6 is 0 Å². The van der Waals surface area contributed by atoms with Crippen LogP contribution in [0.25, 0.3) is 0 Å². The van der Waals surface area contributed by atoms with Crippen LogP contribution < -0.4 is 11.2 Å². The van der Waals surface area contributed by atoms with Gasteiger partial charge in [0.25, 0.3) is 17.9 Å². The minimum atomic E-state index is -0.833. The van der Waals surface area contributed by atoms with Gasteiger partial charge in [-0.15, -0.1) is 0 Å². The Kier molecular flexibility index (Phi) is 91.7. The smallest absolute Gasteiger partial charge is 0.300 e. The van der Waals surface area contributed by atoms with Crippen LogP contribution in [0, 0.1) is 0 Å². The van der Waals surface area contributed by atoms with E-state index in [9.17, 15) is 0 Å². The third kappa shape index (κ3) is 596. The van der Waals surface area contributed by atoms with E-state index in [-0.39, 0.29) is 88.7 Å². The molecule has 0 saturated heterocycles. The van der Waals surface area contributed by atoms with Gasteiger partial charge in [-0.2, -0.15) is 0 Å². The molecule has 0 spiro atoms. The summed E-state index contributed by atoms with van der Waals surface area (Å²) in [4.78, 5) is 27.0. The zero-order chi connectivity index (χ0) is 14.9. The van der Waals surface area contributed by atoms with Crippen molar-refractivity contribution in [3.8, 4) is 0 Å². The van der Waals surface area contributed by atoms with Crippen molar-refractivity contribution in [1.82, 2.24) is 5.48 Å². The molecule has 0 unspecified atom stereocenters. The van der Waals surface area contributed by atoms with Gasteiger partial charge < -0.3 is 26.3 Å². The summed E-state index contributed by atoms with van der Waals surface area (Å²) in [7, 11) is 0. The maximum Gasteiger partial charge on any atom is 0.300 e. The van der Waals surface area contributed by atoms with Crippen molar-refractivity contribution in [3.63, 3.8) is 0 Å². The topological polar surface area (TPSA) is 170 Å². The molecule has 0 aliphatic carbocycles.